The second kappa shape index (κ2) is 9.17. The van der Waals surface area contributed by atoms with Crippen LogP contribution in [0.4, 0.5) is 18.0 Å². The van der Waals surface area contributed by atoms with Gasteiger partial charge in [-0.25, -0.2) is 9.59 Å². The highest BCUT2D eigenvalue weighted by atomic mass is 32.1. The number of rotatable bonds is 6. The maximum absolute atomic E-state index is 12.9. The monoisotopic (exact) mass is 400 g/mol. The number of amides is 3. The van der Waals surface area contributed by atoms with Crippen molar-refractivity contribution in [2.45, 2.75) is 12.6 Å². The van der Waals surface area contributed by atoms with Crippen LogP contribution in [0.2, 0.25) is 0 Å². The van der Waals surface area contributed by atoms with E-state index in [1.54, 1.807) is 0 Å². The Morgan fingerprint density at radius 3 is 2.48 bits per heavy atom. The molecule has 0 bridgehead atoms. The van der Waals surface area contributed by atoms with Gasteiger partial charge in [-0.1, -0.05) is 18.2 Å². The molecule has 0 atom stereocenters. The predicted molar refractivity (Wildman–Crippen MR) is 91.3 cm³/mol. The van der Waals surface area contributed by atoms with Gasteiger partial charge in [-0.05, 0) is 30.0 Å². The molecule has 2 N–H and O–H groups in total. The second-order valence-corrected chi connectivity index (χ2v) is 6.29. The fraction of sp³-hybridized carbons (Fsp3) is 0.235. The Hall–Kier alpha value is -2.88. The number of halogens is 3. The molecule has 0 saturated carbocycles. The standard InChI is InChI=1S/C17H15F3N2O4S/c18-17(19,20)13-6-2-1-5-12(13)15(24)26-10-14(23)22-16(25)21-8-7-11-4-3-9-27-11/h1-6,9H,7-8,10H2,(H2,21,22,23,25). The van der Waals surface area contributed by atoms with Crippen LogP contribution in [-0.4, -0.2) is 31.1 Å². The van der Waals surface area contributed by atoms with Gasteiger partial charge in [0, 0.05) is 11.4 Å². The molecule has 1 aromatic carbocycles. The lowest BCUT2D eigenvalue weighted by atomic mass is 10.1. The molecule has 3 amide bonds. The summed E-state index contributed by atoms with van der Waals surface area (Å²) in [6.45, 7) is -0.595. The van der Waals surface area contributed by atoms with Crippen molar-refractivity contribution in [3.8, 4) is 0 Å². The van der Waals surface area contributed by atoms with E-state index in [-0.39, 0.29) is 0 Å². The molecule has 144 valence electrons. The van der Waals surface area contributed by atoms with E-state index in [1.165, 1.54) is 17.4 Å². The number of hydrogen-bond donors (Lipinski definition) is 2. The zero-order valence-electron chi connectivity index (χ0n) is 13.8. The zero-order chi connectivity index (χ0) is 19.9. The molecular weight excluding hydrogens is 385 g/mol. The van der Waals surface area contributed by atoms with Crippen LogP contribution in [-0.2, 0) is 22.1 Å². The third-order valence-corrected chi connectivity index (χ3v) is 4.21. The molecule has 0 spiro atoms. The molecule has 0 aliphatic rings. The first-order valence-corrected chi connectivity index (χ1v) is 8.58. The average Bonchev–Trinajstić information content (AvgIpc) is 3.12. The van der Waals surface area contributed by atoms with Crippen LogP contribution in [0.3, 0.4) is 0 Å². The van der Waals surface area contributed by atoms with E-state index in [1.807, 2.05) is 22.8 Å². The van der Waals surface area contributed by atoms with Crippen molar-refractivity contribution in [2.75, 3.05) is 13.2 Å². The number of carbonyl (C=O) groups is 3. The number of alkyl halides is 3. The number of ether oxygens (including phenoxy) is 1. The summed E-state index contributed by atoms with van der Waals surface area (Å²) in [4.78, 5) is 36.0. The number of urea groups is 1. The summed E-state index contributed by atoms with van der Waals surface area (Å²) in [7, 11) is 0. The molecule has 0 radical (unpaired) electrons. The molecule has 1 aromatic heterocycles. The molecule has 0 fully saturated rings. The first kappa shape index (κ1) is 20.4. The van der Waals surface area contributed by atoms with Gasteiger partial charge < -0.3 is 10.1 Å². The van der Waals surface area contributed by atoms with Gasteiger partial charge in [0.05, 0.1) is 11.1 Å². The molecule has 0 unspecified atom stereocenters. The number of thiophene rings is 1. The molecule has 2 aromatic rings. The Kier molecular flexibility index (Phi) is 6.94. The second-order valence-electron chi connectivity index (χ2n) is 5.25. The molecule has 6 nitrogen and oxygen atoms in total. The smallest absolute Gasteiger partial charge is 0.417 e. The number of nitrogens with one attached hydrogen (secondary N) is 2. The minimum Gasteiger partial charge on any atom is -0.452 e. The molecule has 2 rings (SSSR count). The van der Waals surface area contributed by atoms with E-state index in [2.05, 4.69) is 10.1 Å². The van der Waals surface area contributed by atoms with Crippen molar-refractivity contribution in [3.63, 3.8) is 0 Å². The highest BCUT2D eigenvalue weighted by molar-refractivity contribution is 7.09. The third kappa shape index (κ3) is 6.41. The van der Waals surface area contributed by atoms with Crippen molar-refractivity contribution in [1.29, 1.82) is 0 Å². The van der Waals surface area contributed by atoms with E-state index < -0.39 is 41.8 Å². The molecule has 0 saturated heterocycles. The minimum atomic E-state index is -4.74. The van der Waals surface area contributed by atoms with Crippen LogP contribution in [0, 0.1) is 0 Å². The van der Waals surface area contributed by atoms with E-state index >= 15 is 0 Å². The zero-order valence-corrected chi connectivity index (χ0v) is 14.7. The first-order valence-electron chi connectivity index (χ1n) is 7.71. The SMILES string of the molecule is O=C(COC(=O)c1ccccc1C(F)(F)F)NC(=O)NCCc1cccs1. The summed E-state index contributed by atoms with van der Waals surface area (Å²) in [6, 6.07) is 7.03. The lowest BCUT2D eigenvalue weighted by Gasteiger charge is -2.12. The normalized spacial score (nSPS) is 10.9. The summed E-state index contributed by atoms with van der Waals surface area (Å²) in [6.07, 6.45) is -4.15. The van der Waals surface area contributed by atoms with Crippen molar-refractivity contribution in [1.82, 2.24) is 10.6 Å². The van der Waals surface area contributed by atoms with Gasteiger partial charge in [0.2, 0.25) is 0 Å². The predicted octanol–water partition coefficient (Wildman–Crippen LogP) is 2.99. The van der Waals surface area contributed by atoms with E-state index in [0.29, 0.717) is 13.0 Å². The number of benzene rings is 1. The number of imide groups is 1. The largest absolute Gasteiger partial charge is 0.452 e. The Balaban J connectivity index is 1.78. The van der Waals surface area contributed by atoms with Gasteiger partial charge >= 0.3 is 18.2 Å². The maximum atomic E-state index is 12.9. The fourth-order valence-electron chi connectivity index (χ4n) is 2.08. The lowest BCUT2D eigenvalue weighted by molar-refractivity contribution is -0.138. The van der Waals surface area contributed by atoms with Crippen molar-refractivity contribution in [3.05, 3.63) is 57.8 Å². The van der Waals surface area contributed by atoms with Gasteiger partial charge in [0.15, 0.2) is 6.61 Å². The first-order chi connectivity index (χ1) is 12.8. The van der Waals surface area contributed by atoms with Gasteiger partial charge in [0.25, 0.3) is 5.91 Å². The molecule has 10 heteroatoms. The molecule has 0 aliphatic carbocycles. The quantitative estimate of drug-likeness (QED) is 0.730. The van der Waals surface area contributed by atoms with Gasteiger partial charge in [-0.15, -0.1) is 11.3 Å². The van der Waals surface area contributed by atoms with Crippen LogP contribution in [0.5, 0.6) is 0 Å². The highest BCUT2D eigenvalue weighted by Crippen LogP contribution is 2.32. The topological polar surface area (TPSA) is 84.5 Å². The summed E-state index contributed by atoms with van der Waals surface area (Å²) in [5.74, 6) is -2.27. The average molecular weight is 400 g/mol. The Morgan fingerprint density at radius 2 is 1.81 bits per heavy atom. The Morgan fingerprint density at radius 1 is 1.07 bits per heavy atom. The maximum Gasteiger partial charge on any atom is 0.417 e. The highest BCUT2D eigenvalue weighted by Gasteiger charge is 2.35. The van der Waals surface area contributed by atoms with E-state index in [4.69, 9.17) is 0 Å². The fourth-order valence-corrected chi connectivity index (χ4v) is 2.79. The van der Waals surface area contributed by atoms with Crippen LogP contribution in [0.25, 0.3) is 0 Å². The molecule has 1 heterocycles. The Bertz CT molecular complexity index is 807. The van der Waals surface area contributed by atoms with Crippen molar-refractivity contribution < 1.29 is 32.3 Å². The molecule has 27 heavy (non-hydrogen) atoms. The molecular formula is C17H15F3N2O4S. The summed E-state index contributed by atoms with van der Waals surface area (Å²) >= 11 is 1.52. The number of esters is 1. The van der Waals surface area contributed by atoms with E-state index in [9.17, 15) is 27.6 Å². The molecule has 0 aliphatic heterocycles. The summed E-state index contributed by atoms with van der Waals surface area (Å²) < 4.78 is 43.1. The van der Waals surface area contributed by atoms with Gasteiger partial charge in [-0.2, -0.15) is 13.2 Å². The van der Waals surface area contributed by atoms with Crippen LogP contribution in [0.15, 0.2) is 41.8 Å². The van der Waals surface area contributed by atoms with Crippen LogP contribution in [0.1, 0.15) is 20.8 Å². The summed E-state index contributed by atoms with van der Waals surface area (Å²) in [5, 5.41) is 6.27. The van der Waals surface area contributed by atoms with Crippen molar-refractivity contribution >= 4 is 29.2 Å². The van der Waals surface area contributed by atoms with Gasteiger partial charge in [-0.3, -0.25) is 10.1 Å². The Labute approximate surface area is 156 Å². The van der Waals surface area contributed by atoms with Crippen LogP contribution >= 0.6 is 11.3 Å². The minimum absolute atomic E-state index is 0.290. The summed E-state index contributed by atoms with van der Waals surface area (Å²) in [5.41, 5.74) is -1.88. The van der Waals surface area contributed by atoms with Crippen LogP contribution < -0.4 is 10.6 Å². The van der Waals surface area contributed by atoms with Gasteiger partial charge in [0.1, 0.15) is 0 Å². The third-order valence-electron chi connectivity index (χ3n) is 3.28. The number of hydrogen-bond acceptors (Lipinski definition) is 5. The van der Waals surface area contributed by atoms with Crippen molar-refractivity contribution in [2.24, 2.45) is 0 Å². The van der Waals surface area contributed by atoms with E-state index in [0.717, 1.165) is 23.1 Å². The number of carbonyl (C=O) groups excluding carboxylic acids is 3. The lowest BCUT2D eigenvalue weighted by Crippen LogP contribution is -2.42.